The van der Waals surface area contributed by atoms with Gasteiger partial charge in [-0.05, 0) is 18.3 Å². The molecule has 0 unspecified atom stereocenters. The molecule has 4 heteroatoms. The van der Waals surface area contributed by atoms with Gasteiger partial charge in [-0.2, -0.15) is 25.9 Å². The predicted octanol–water partition coefficient (Wildman–Crippen LogP) is 4.69. The summed E-state index contributed by atoms with van der Waals surface area (Å²) in [5.41, 5.74) is 1.22. The van der Waals surface area contributed by atoms with E-state index in [1.807, 2.05) is 10.9 Å². The van der Waals surface area contributed by atoms with Crippen molar-refractivity contribution in [2.24, 2.45) is 5.41 Å². The summed E-state index contributed by atoms with van der Waals surface area (Å²) in [6.07, 6.45) is 6.94. The fraction of sp³-hybridized carbons (Fsp3) is 0.750. The molecule has 3 nitrogen and oxygen atoms in total. The molecule has 0 aliphatic heterocycles. The van der Waals surface area contributed by atoms with Gasteiger partial charge in [0.05, 0.1) is 0 Å². The molecule has 20 heavy (non-hydrogen) atoms. The van der Waals surface area contributed by atoms with E-state index >= 15 is 0 Å². The Hall–Kier alpha value is 0.0619. The maximum absolute atomic E-state index is 3.97. The molecule has 0 aliphatic carbocycles. The molecule has 1 heterocycles. The van der Waals surface area contributed by atoms with Crippen LogP contribution < -0.4 is 0 Å². The predicted molar refractivity (Wildman–Crippen MR) is 82.7 cm³/mol. The molecule has 0 aliphatic rings. The molecule has 0 saturated heterocycles. The minimum absolute atomic E-state index is 0. The van der Waals surface area contributed by atoms with Crippen molar-refractivity contribution in [3.05, 3.63) is 24.7 Å². The molecule has 1 aromatic rings. The minimum Gasteiger partial charge on any atom is -0.330 e. The van der Waals surface area contributed by atoms with Crippen LogP contribution in [0.25, 0.3) is 0 Å². The Morgan fingerprint density at radius 3 is 2.10 bits per heavy atom. The van der Waals surface area contributed by atoms with Gasteiger partial charge in [-0.1, -0.05) is 50.7 Å². The van der Waals surface area contributed by atoms with Gasteiger partial charge in [-0.3, -0.25) is 0 Å². The molecule has 1 aromatic heterocycles. The molecule has 0 saturated carbocycles. The van der Waals surface area contributed by atoms with E-state index in [1.165, 1.54) is 31.6 Å². The first-order chi connectivity index (χ1) is 8.70. The minimum atomic E-state index is 0. The van der Waals surface area contributed by atoms with E-state index in [4.69, 9.17) is 0 Å². The van der Waals surface area contributed by atoms with E-state index in [1.54, 1.807) is 0 Å². The van der Waals surface area contributed by atoms with E-state index < -0.39 is 0 Å². The van der Waals surface area contributed by atoms with E-state index in [-0.39, 0.29) is 31.1 Å². The third-order valence-electron chi connectivity index (χ3n) is 2.40. The first-order valence-electron chi connectivity index (χ1n) is 7.19. The second-order valence-corrected chi connectivity index (χ2v) is 6.84. The normalized spacial score (nSPS) is 10.8. The van der Waals surface area contributed by atoms with Gasteiger partial charge in [0.1, 0.15) is 0 Å². The smallest absolute Gasteiger partial charge is 0.330 e. The Kier molecular flexibility index (Phi) is 13.1. The van der Waals surface area contributed by atoms with Crippen molar-refractivity contribution in [1.82, 2.24) is 15.0 Å². The largest absolute Gasteiger partial charge is 2.00 e. The van der Waals surface area contributed by atoms with Crippen molar-refractivity contribution >= 4 is 0 Å². The molecule has 0 radical (unpaired) electrons. The van der Waals surface area contributed by atoms with Crippen molar-refractivity contribution in [1.29, 1.82) is 0 Å². The first-order valence-corrected chi connectivity index (χ1v) is 7.19. The van der Waals surface area contributed by atoms with Crippen LogP contribution in [-0.4, -0.2) is 15.0 Å². The van der Waals surface area contributed by atoms with Crippen LogP contribution in [0.1, 0.15) is 72.9 Å². The van der Waals surface area contributed by atoms with Crippen LogP contribution in [0, 0.1) is 49.4 Å². The molecule has 0 N–H and O–H groups in total. The van der Waals surface area contributed by atoms with Gasteiger partial charge >= 0.3 is 31.1 Å². The quantitative estimate of drug-likeness (QED) is 0.432. The van der Waals surface area contributed by atoms with Gasteiger partial charge in [0.15, 0.2) is 0 Å². The van der Waals surface area contributed by atoms with Crippen LogP contribution >= 0.6 is 0 Å². The average Bonchev–Trinajstić information content (AvgIpc) is 2.61. The van der Waals surface area contributed by atoms with Crippen LogP contribution in [-0.2, 0) is 6.54 Å². The van der Waals surface area contributed by atoms with Crippen molar-refractivity contribution in [3.63, 3.8) is 0 Å². The zero-order valence-electron chi connectivity index (χ0n) is 14.2. The van der Waals surface area contributed by atoms with Crippen molar-refractivity contribution in [3.8, 4) is 0 Å². The summed E-state index contributed by atoms with van der Waals surface area (Å²) in [6, 6.07) is 0. The van der Waals surface area contributed by atoms with Gasteiger partial charge in [-0.25, -0.2) is 6.92 Å². The van der Waals surface area contributed by atoms with Crippen molar-refractivity contribution < 1.29 is 31.1 Å². The van der Waals surface area contributed by atoms with Gasteiger partial charge < -0.3 is 10.6 Å². The Balaban J connectivity index is 0. The van der Waals surface area contributed by atoms with Gasteiger partial charge in [0.25, 0.3) is 0 Å². The summed E-state index contributed by atoms with van der Waals surface area (Å²) in [4.78, 5) is 0. The topological polar surface area (TPSA) is 30.7 Å². The maximum Gasteiger partial charge on any atom is 2.00 e. The second-order valence-electron chi connectivity index (χ2n) is 6.84. The Morgan fingerprint density at radius 2 is 1.70 bits per heavy atom. The first kappa shape index (κ1) is 22.3. The van der Waals surface area contributed by atoms with Gasteiger partial charge in [0, 0.05) is 6.54 Å². The number of unbranched alkanes of at least 4 members (excludes halogenated alkanes) is 2. The summed E-state index contributed by atoms with van der Waals surface area (Å²) >= 11 is 0. The van der Waals surface area contributed by atoms with Crippen LogP contribution in [0.2, 0.25) is 0 Å². The van der Waals surface area contributed by atoms with Crippen LogP contribution in [0.5, 0.6) is 0 Å². The fourth-order valence-electron chi connectivity index (χ4n) is 1.55. The molecule has 0 bridgehead atoms. The van der Waals surface area contributed by atoms with E-state index in [0.717, 1.165) is 12.2 Å². The summed E-state index contributed by atoms with van der Waals surface area (Å²) in [7, 11) is 0. The van der Waals surface area contributed by atoms with Gasteiger partial charge in [0.2, 0.25) is 0 Å². The third kappa shape index (κ3) is 16.1. The van der Waals surface area contributed by atoms with Crippen LogP contribution in [0.4, 0.5) is 0 Å². The Morgan fingerprint density at radius 1 is 1.15 bits per heavy atom. The average molecular weight is 503 g/mol. The molecule has 0 atom stereocenters. The number of rotatable bonds is 5. The van der Waals surface area contributed by atoms with E-state index in [2.05, 4.69) is 58.8 Å². The van der Waals surface area contributed by atoms with Crippen molar-refractivity contribution in [2.45, 2.75) is 73.8 Å². The summed E-state index contributed by atoms with van der Waals surface area (Å²) in [6.45, 7) is 17.8. The molecule has 0 amide bonds. The van der Waals surface area contributed by atoms with E-state index in [9.17, 15) is 0 Å². The van der Waals surface area contributed by atoms with E-state index in [0.29, 0.717) is 5.41 Å². The Bertz CT molecular complexity index is 324. The third-order valence-corrected chi connectivity index (χ3v) is 2.40. The molecule has 0 spiro atoms. The number of hydrogen-bond donors (Lipinski definition) is 0. The number of aromatic nitrogens is 3. The molecular weight excluding hydrogens is 472 g/mol. The monoisotopic (exact) mass is 503 g/mol. The summed E-state index contributed by atoms with van der Waals surface area (Å²) < 4.78 is 1.87. The van der Waals surface area contributed by atoms with Crippen LogP contribution in [0.15, 0.2) is 6.20 Å². The SMILES string of the molecule is C[C-](C)C.[CH2-]c1cn(CCCCCC(C)(C)C)nn1.[U+2]. The summed E-state index contributed by atoms with van der Waals surface area (Å²) in [5.74, 6) is 1.42. The second kappa shape index (κ2) is 11.7. The standard InChI is InChI=1S/C12H22N3.C4H9.U/c1-11-10-15(14-13-11)9-7-5-6-8-12(2,3)4;1-4(2)3;/h10H,1,5-9H2,2-4H3;1-3H3;/q2*-1;+2. The van der Waals surface area contributed by atoms with Gasteiger partial charge in [-0.15, -0.1) is 0 Å². The molecule has 114 valence electrons. The molecular formula is C16H31N3U. The number of nitrogens with zero attached hydrogens (tertiary/aromatic N) is 3. The summed E-state index contributed by atoms with van der Waals surface area (Å²) in [5, 5.41) is 7.82. The Labute approximate surface area is 149 Å². The zero-order chi connectivity index (χ0) is 14.9. The number of aryl methyl sites for hydroxylation is 1. The fourth-order valence-corrected chi connectivity index (χ4v) is 1.55. The zero-order valence-corrected chi connectivity index (χ0v) is 18.3. The maximum atomic E-state index is 3.97. The molecule has 1 rings (SSSR count). The molecule has 0 fully saturated rings. The van der Waals surface area contributed by atoms with Crippen molar-refractivity contribution in [2.75, 3.05) is 0 Å². The van der Waals surface area contributed by atoms with Crippen LogP contribution in [0.3, 0.4) is 0 Å². The molecule has 0 aromatic carbocycles. The number of hydrogen-bond acceptors (Lipinski definition) is 2.